The fourth-order valence-corrected chi connectivity index (χ4v) is 4.23. The Balaban J connectivity index is 2.02. The summed E-state index contributed by atoms with van der Waals surface area (Å²) in [5, 5.41) is 4.38. The molecule has 0 amide bonds. The fourth-order valence-electron chi connectivity index (χ4n) is 2.32. The van der Waals surface area contributed by atoms with Crippen molar-refractivity contribution in [2.45, 2.75) is 24.9 Å². The second-order valence-corrected chi connectivity index (χ2v) is 6.53. The molecule has 90 valence electrons. The van der Waals surface area contributed by atoms with Crippen LogP contribution in [0.5, 0.6) is 0 Å². The van der Waals surface area contributed by atoms with Gasteiger partial charge < -0.3 is 5.73 Å². The van der Waals surface area contributed by atoms with Gasteiger partial charge in [-0.05, 0) is 53.8 Å². The topological polar surface area (TPSA) is 29.3 Å². The molecule has 0 saturated carbocycles. The molecular formula is C12H20N2S2. The van der Waals surface area contributed by atoms with Crippen molar-refractivity contribution in [3.8, 4) is 0 Å². The van der Waals surface area contributed by atoms with Crippen LogP contribution >= 0.6 is 23.1 Å². The number of thiophene rings is 1. The summed E-state index contributed by atoms with van der Waals surface area (Å²) in [6.07, 6.45) is 2.46. The average molecular weight is 256 g/mol. The van der Waals surface area contributed by atoms with Crippen LogP contribution in [0.15, 0.2) is 16.8 Å². The highest BCUT2D eigenvalue weighted by Gasteiger charge is 2.34. The minimum absolute atomic E-state index is 0.243. The molecule has 16 heavy (non-hydrogen) atoms. The Kier molecular flexibility index (Phi) is 4.30. The Morgan fingerprint density at radius 3 is 2.75 bits per heavy atom. The van der Waals surface area contributed by atoms with E-state index in [1.165, 1.54) is 29.9 Å². The van der Waals surface area contributed by atoms with Gasteiger partial charge >= 0.3 is 0 Å². The molecule has 0 unspecified atom stereocenters. The Hall–Kier alpha value is -0.0300. The molecule has 2 rings (SSSR count). The number of likely N-dealkylation sites (N-methyl/N-ethyl adjacent to an activating group) is 1. The lowest BCUT2D eigenvalue weighted by atomic mass is 9.90. The molecular weight excluding hydrogens is 236 g/mol. The molecule has 1 aliphatic rings. The van der Waals surface area contributed by atoms with E-state index in [1.807, 2.05) is 0 Å². The summed E-state index contributed by atoms with van der Waals surface area (Å²) >= 11 is 3.83. The van der Waals surface area contributed by atoms with Gasteiger partial charge in [-0.25, -0.2) is 0 Å². The van der Waals surface area contributed by atoms with Crippen LogP contribution in [0.1, 0.15) is 18.4 Å². The number of hydrogen-bond acceptors (Lipinski definition) is 4. The number of hydrogen-bond donors (Lipinski definition) is 1. The summed E-state index contributed by atoms with van der Waals surface area (Å²) in [6.45, 7) is 1.82. The Bertz CT molecular complexity index is 305. The van der Waals surface area contributed by atoms with Crippen LogP contribution < -0.4 is 5.73 Å². The van der Waals surface area contributed by atoms with E-state index in [9.17, 15) is 0 Å². The van der Waals surface area contributed by atoms with Gasteiger partial charge in [-0.1, -0.05) is 0 Å². The second-order valence-electron chi connectivity index (χ2n) is 4.53. The lowest BCUT2D eigenvalue weighted by Crippen LogP contribution is -2.53. The Labute approximate surface area is 106 Å². The first-order valence-electron chi connectivity index (χ1n) is 5.77. The summed E-state index contributed by atoms with van der Waals surface area (Å²) in [7, 11) is 2.22. The van der Waals surface area contributed by atoms with E-state index >= 15 is 0 Å². The summed E-state index contributed by atoms with van der Waals surface area (Å²) in [6, 6.07) is 2.21. The molecule has 1 aromatic rings. The van der Waals surface area contributed by atoms with E-state index in [0.717, 1.165) is 13.1 Å². The van der Waals surface area contributed by atoms with Crippen molar-refractivity contribution >= 4 is 23.1 Å². The van der Waals surface area contributed by atoms with Gasteiger partial charge in [-0.15, -0.1) is 0 Å². The smallest absolute Gasteiger partial charge is 0.0347 e. The van der Waals surface area contributed by atoms with Gasteiger partial charge in [0.15, 0.2) is 0 Å². The Morgan fingerprint density at radius 2 is 2.19 bits per heavy atom. The number of thioether (sulfide) groups is 1. The molecule has 0 atom stereocenters. The zero-order chi connectivity index (χ0) is 11.4. The Morgan fingerprint density at radius 1 is 1.44 bits per heavy atom. The molecule has 2 N–H and O–H groups in total. The predicted octanol–water partition coefficient (Wildman–Crippen LogP) is 2.40. The highest BCUT2D eigenvalue weighted by Crippen LogP contribution is 2.32. The normalized spacial score (nSPS) is 20.2. The number of nitrogens with zero attached hydrogens (tertiary/aromatic N) is 1. The van der Waals surface area contributed by atoms with E-state index < -0.39 is 0 Å². The largest absolute Gasteiger partial charge is 0.329 e. The summed E-state index contributed by atoms with van der Waals surface area (Å²) in [5.74, 6) is 2.51. The SMILES string of the molecule is CN(Cc1ccsc1)C1(CN)CCSCC1. The maximum Gasteiger partial charge on any atom is 0.0347 e. The quantitative estimate of drug-likeness (QED) is 0.897. The van der Waals surface area contributed by atoms with Crippen molar-refractivity contribution in [2.24, 2.45) is 5.73 Å². The maximum absolute atomic E-state index is 6.02. The summed E-state index contributed by atoms with van der Waals surface area (Å²) in [5.41, 5.74) is 7.68. The van der Waals surface area contributed by atoms with E-state index in [1.54, 1.807) is 11.3 Å². The lowest BCUT2D eigenvalue weighted by Gasteiger charge is -2.43. The zero-order valence-corrected chi connectivity index (χ0v) is 11.4. The third kappa shape index (κ3) is 2.62. The number of nitrogens with two attached hydrogens (primary N) is 1. The first kappa shape index (κ1) is 12.4. The highest BCUT2D eigenvalue weighted by atomic mass is 32.2. The maximum atomic E-state index is 6.02. The first-order valence-corrected chi connectivity index (χ1v) is 7.87. The van der Waals surface area contributed by atoms with Crippen molar-refractivity contribution in [1.82, 2.24) is 4.90 Å². The van der Waals surface area contributed by atoms with Gasteiger partial charge in [0.25, 0.3) is 0 Å². The third-order valence-corrected chi connectivity index (χ3v) is 5.33. The van der Waals surface area contributed by atoms with Crippen molar-refractivity contribution in [3.05, 3.63) is 22.4 Å². The lowest BCUT2D eigenvalue weighted by molar-refractivity contribution is 0.108. The van der Waals surface area contributed by atoms with Crippen LogP contribution in [0.4, 0.5) is 0 Å². The molecule has 1 aromatic heterocycles. The van der Waals surface area contributed by atoms with Gasteiger partial charge in [-0.3, -0.25) is 4.90 Å². The van der Waals surface area contributed by atoms with Crippen molar-refractivity contribution < 1.29 is 0 Å². The van der Waals surface area contributed by atoms with E-state index in [-0.39, 0.29) is 5.54 Å². The van der Waals surface area contributed by atoms with Gasteiger partial charge in [0.1, 0.15) is 0 Å². The molecule has 2 nitrogen and oxygen atoms in total. The minimum Gasteiger partial charge on any atom is -0.329 e. The molecule has 0 aromatic carbocycles. The fraction of sp³-hybridized carbons (Fsp3) is 0.667. The molecule has 1 aliphatic heterocycles. The summed E-state index contributed by atoms with van der Waals surface area (Å²) in [4.78, 5) is 2.47. The van der Waals surface area contributed by atoms with Crippen LogP contribution in [0.2, 0.25) is 0 Å². The standard InChI is InChI=1S/C12H20N2S2/c1-14(8-11-2-5-16-9-11)12(10-13)3-6-15-7-4-12/h2,5,9H,3-4,6-8,10,13H2,1H3. The first-order chi connectivity index (χ1) is 7.77. The van der Waals surface area contributed by atoms with E-state index in [4.69, 9.17) is 5.73 Å². The van der Waals surface area contributed by atoms with Crippen LogP contribution in [-0.2, 0) is 6.54 Å². The van der Waals surface area contributed by atoms with Crippen LogP contribution in [0, 0.1) is 0 Å². The average Bonchev–Trinajstić information content (AvgIpc) is 2.82. The van der Waals surface area contributed by atoms with Crippen LogP contribution in [-0.4, -0.2) is 35.5 Å². The van der Waals surface area contributed by atoms with Gasteiger partial charge in [0, 0.05) is 18.6 Å². The molecule has 1 saturated heterocycles. The van der Waals surface area contributed by atoms with E-state index in [2.05, 4.69) is 40.5 Å². The van der Waals surface area contributed by atoms with Crippen molar-refractivity contribution in [3.63, 3.8) is 0 Å². The molecule has 0 radical (unpaired) electrons. The molecule has 1 fully saturated rings. The molecule has 0 aliphatic carbocycles. The van der Waals surface area contributed by atoms with Gasteiger partial charge in [0.05, 0.1) is 0 Å². The zero-order valence-electron chi connectivity index (χ0n) is 9.82. The number of rotatable bonds is 4. The molecule has 0 bridgehead atoms. The van der Waals surface area contributed by atoms with Crippen molar-refractivity contribution in [1.29, 1.82) is 0 Å². The van der Waals surface area contributed by atoms with Gasteiger partial charge in [-0.2, -0.15) is 23.1 Å². The monoisotopic (exact) mass is 256 g/mol. The minimum atomic E-state index is 0.243. The third-order valence-electron chi connectivity index (χ3n) is 3.61. The van der Waals surface area contributed by atoms with E-state index in [0.29, 0.717) is 0 Å². The summed E-state index contributed by atoms with van der Waals surface area (Å²) < 4.78 is 0. The second kappa shape index (κ2) is 5.54. The molecule has 2 heterocycles. The highest BCUT2D eigenvalue weighted by molar-refractivity contribution is 7.99. The molecule has 4 heteroatoms. The van der Waals surface area contributed by atoms with Crippen LogP contribution in [0.3, 0.4) is 0 Å². The van der Waals surface area contributed by atoms with Crippen molar-refractivity contribution in [2.75, 3.05) is 25.1 Å². The predicted molar refractivity (Wildman–Crippen MR) is 74.1 cm³/mol. The van der Waals surface area contributed by atoms with Crippen LogP contribution in [0.25, 0.3) is 0 Å². The van der Waals surface area contributed by atoms with Gasteiger partial charge in [0.2, 0.25) is 0 Å². The molecule has 0 spiro atoms.